The van der Waals surface area contributed by atoms with Crippen LogP contribution in [0.3, 0.4) is 0 Å². The lowest BCUT2D eigenvalue weighted by atomic mass is 9.75. The number of carboxylic acid groups (broad SMARTS) is 1. The van der Waals surface area contributed by atoms with Crippen molar-refractivity contribution in [3.05, 3.63) is 35.4 Å². The lowest BCUT2D eigenvalue weighted by molar-refractivity contribution is -0.00604. The van der Waals surface area contributed by atoms with Crippen LogP contribution in [-0.2, 0) is 4.74 Å². The first kappa shape index (κ1) is 21.1. The van der Waals surface area contributed by atoms with E-state index in [1.165, 1.54) is 24.3 Å². The molecule has 7 nitrogen and oxygen atoms in total. The molecular formula is C18H26O7. The lowest BCUT2D eigenvalue weighted by Gasteiger charge is -2.34. The molecule has 140 valence electrons. The summed E-state index contributed by atoms with van der Waals surface area (Å²) in [6, 6.07) is 5.64. The van der Waals surface area contributed by atoms with Crippen LogP contribution in [-0.4, -0.2) is 58.8 Å². The van der Waals surface area contributed by atoms with Gasteiger partial charge in [0, 0.05) is 5.41 Å². The van der Waals surface area contributed by atoms with Gasteiger partial charge < -0.3 is 25.2 Å². The largest absolute Gasteiger partial charge is 0.478 e. The molecule has 0 spiro atoms. The second kappa shape index (κ2) is 10.8. The molecule has 0 radical (unpaired) electrons. The van der Waals surface area contributed by atoms with Crippen molar-refractivity contribution in [2.24, 2.45) is 5.41 Å². The maximum atomic E-state index is 12.0. The lowest BCUT2D eigenvalue weighted by Crippen LogP contribution is -2.34. The Morgan fingerprint density at radius 2 is 1.44 bits per heavy atom. The molecule has 7 heteroatoms. The average molecular weight is 354 g/mol. The zero-order valence-electron chi connectivity index (χ0n) is 14.2. The van der Waals surface area contributed by atoms with E-state index in [4.69, 9.17) is 20.1 Å². The van der Waals surface area contributed by atoms with E-state index >= 15 is 0 Å². The molecular weight excluding hydrogens is 328 g/mol. The van der Waals surface area contributed by atoms with Gasteiger partial charge in [-0.25, -0.2) is 9.59 Å². The fraction of sp³-hybridized carbons (Fsp3) is 0.556. The van der Waals surface area contributed by atoms with E-state index in [-0.39, 0.29) is 37.4 Å². The molecule has 1 aliphatic rings. The van der Waals surface area contributed by atoms with Gasteiger partial charge in [0.1, 0.15) is 0 Å². The number of carbonyl (C=O) groups excluding carboxylic acids is 1. The van der Waals surface area contributed by atoms with Gasteiger partial charge in [0.05, 0.1) is 37.6 Å². The topological polar surface area (TPSA) is 124 Å². The van der Waals surface area contributed by atoms with Gasteiger partial charge in [-0.2, -0.15) is 0 Å². The van der Waals surface area contributed by atoms with Crippen molar-refractivity contribution in [3.8, 4) is 0 Å². The Kier molecular flexibility index (Phi) is 9.12. The number of ether oxygens (including phenoxy) is 1. The third kappa shape index (κ3) is 6.81. The minimum Gasteiger partial charge on any atom is -0.478 e. The molecule has 0 atom stereocenters. The van der Waals surface area contributed by atoms with Gasteiger partial charge in [-0.1, -0.05) is 19.3 Å². The molecule has 1 aromatic rings. The molecule has 0 amide bonds. The molecule has 1 aliphatic carbocycles. The van der Waals surface area contributed by atoms with Crippen LogP contribution in [0.1, 0.15) is 52.8 Å². The molecule has 0 heterocycles. The summed E-state index contributed by atoms with van der Waals surface area (Å²) in [6.45, 7) is -0.0127. The first-order valence-electron chi connectivity index (χ1n) is 8.31. The Hall–Kier alpha value is -1.96. The van der Waals surface area contributed by atoms with Crippen molar-refractivity contribution < 1.29 is 34.8 Å². The molecule has 1 saturated carbocycles. The number of esters is 1. The number of carbonyl (C=O) groups is 2. The Labute approximate surface area is 146 Å². The van der Waals surface area contributed by atoms with E-state index in [2.05, 4.69) is 0 Å². The van der Waals surface area contributed by atoms with E-state index in [1.54, 1.807) is 0 Å². The normalized spacial score (nSPS) is 15.6. The van der Waals surface area contributed by atoms with Crippen molar-refractivity contribution >= 4 is 11.9 Å². The quantitative estimate of drug-likeness (QED) is 0.570. The summed E-state index contributed by atoms with van der Waals surface area (Å²) in [6.07, 6.45) is 4.99. The van der Waals surface area contributed by atoms with Gasteiger partial charge in [0.15, 0.2) is 0 Å². The summed E-state index contributed by atoms with van der Waals surface area (Å²) >= 11 is 0. The molecule has 0 aromatic heterocycles. The van der Waals surface area contributed by atoms with Gasteiger partial charge in [-0.05, 0) is 37.1 Å². The van der Waals surface area contributed by atoms with E-state index in [1.807, 2.05) is 0 Å². The highest BCUT2D eigenvalue weighted by Crippen LogP contribution is 2.36. The predicted molar refractivity (Wildman–Crippen MR) is 90.5 cm³/mol. The minimum absolute atomic E-state index is 0.0260. The van der Waals surface area contributed by atoms with Gasteiger partial charge in [-0.3, -0.25) is 0 Å². The SMILES string of the molecule is O=C(O)c1ccc(C(=O)OCC2(CO)CCCCC2)cc1.OCCO. The minimum atomic E-state index is -1.03. The highest BCUT2D eigenvalue weighted by Gasteiger charge is 2.33. The van der Waals surface area contributed by atoms with E-state index in [0.717, 1.165) is 32.1 Å². The number of rotatable bonds is 6. The van der Waals surface area contributed by atoms with Crippen molar-refractivity contribution in [1.82, 2.24) is 0 Å². The van der Waals surface area contributed by atoms with Crippen LogP contribution >= 0.6 is 0 Å². The van der Waals surface area contributed by atoms with Crippen LogP contribution in [0.15, 0.2) is 24.3 Å². The fourth-order valence-electron chi connectivity index (χ4n) is 2.70. The first-order valence-corrected chi connectivity index (χ1v) is 8.31. The van der Waals surface area contributed by atoms with Crippen LogP contribution in [0.4, 0.5) is 0 Å². The average Bonchev–Trinajstić information content (AvgIpc) is 2.67. The van der Waals surface area contributed by atoms with Gasteiger partial charge in [0.2, 0.25) is 0 Å². The van der Waals surface area contributed by atoms with Crippen LogP contribution < -0.4 is 0 Å². The zero-order chi connectivity index (χ0) is 18.7. The van der Waals surface area contributed by atoms with Crippen LogP contribution in [0.25, 0.3) is 0 Å². The number of hydrogen-bond acceptors (Lipinski definition) is 6. The van der Waals surface area contributed by atoms with Crippen LogP contribution in [0.2, 0.25) is 0 Å². The molecule has 25 heavy (non-hydrogen) atoms. The van der Waals surface area contributed by atoms with E-state index in [0.29, 0.717) is 5.56 Å². The summed E-state index contributed by atoms with van der Waals surface area (Å²) in [7, 11) is 0. The number of benzene rings is 1. The first-order chi connectivity index (χ1) is 12.0. The standard InChI is InChI=1S/C16H20O5.C2H6O2/c17-10-16(8-2-1-3-9-16)11-21-15(20)13-6-4-12(5-7-13)14(18)19;3-1-2-4/h4-7,17H,1-3,8-11H2,(H,18,19);3-4H,1-2H2. The second-order valence-electron chi connectivity index (χ2n) is 6.12. The maximum Gasteiger partial charge on any atom is 0.338 e. The summed E-state index contributed by atoms with van der Waals surface area (Å²) in [5.41, 5.74) is 0.143. The van der Waals surface area contributed by atoms with Crippen molar-refractivity contribution in [3.63, 3.8) is 0 Å². The fourth-order valence-corrected chi connectivity index (χ4v) is 2.70. The van der Waals surface area contributed by atoms with Gasteiger partial charge >= 0.3 is 11.9 Å². The van der Waals surface area contributed by atoms with Crippen molar-refractivity contribution in [2.45, 2.75) is 32.1 Å². The zero-order valence-corrected chi connectivity index (χ0v) is 14.2. The van der Waals surface area contributed by atoms with E-state index in [9.17, 15) is 14.7 Å². The monoisotopic (exact) mass is 354 g/mol. The Morgan fingerprint density at radius 3 is 1.88 bits per heavy atom. The van der Waals surface area contributed by atoms with Gasteiger partial charge in [0.25, 0.3) is 0 Å². The number of carboxylic acids is 1. The van der Waals surface area contributed by atoms with Crippen molar-refractivity contribution in [2.75, 3.05) is 26.4 Å². The smallest absolute Gasteiger partial charge is 0.338 e. The summed E-state index contributed by atoms with van der Waals surface area (Å²) in [5, 5.41) is 33.6. The summed E-state index contributed by atoms with van der Waals surface area (Å²) in [5.74, 6) is -1.51. The molecule has 0 unspecified atom stereocenters. The Morgan fingerprint density at radius 1 is 0.920 bits per heavy atom. The Balaban J connectivity index is 0.000000705. The molecule has 1 fully saturated rings. The third-order valence-electron chi connectivity index (χ3n) is 4.23. The molecule has 0 aliphatic heterocycles. The second-order valence-corrected chi connectivity index (χ2v) is 6.12. The maximum absolute atomic E-state index is 12.0. The number of aliphatic hydroxyl groups excluding tert-OH is 3. The van der Waals surface area contributed by atoms with E-state index < -0.39 is 11.9 Å². The molecule has 0 saturated heterocycles. The Bertz CT molecular complexity index is 531. The van der Waals surface area contributed by atoms with Gasteiger partial charge in [-0.15, -0.1) is 0 Å². The number of aliphatic hydroxyl groups is 3. The highest BCUT2D eigenvalue weighted by atomic mass is 16.5. The van der Waals surface area contributed by atoms with Crippen LogP contribution in [0, 0.1) is 5.41 Å². The molecule has 2 rings (SSSR count). The highest BCUT2D eigenvalue weighted by molar-refractivity contribution is 5.92. The number of hydrogen-bond donors (Lipinski definition) is 4. The molecule has 0 bridgehead atoms. The molecule has 1 aromatic carbocycles. The van der Waals surface area contributed by atoms with Crippen molar-refractivity contribution in [1.29, 1.82) is 0 Å². The predicted octanol–water partition coefficient (Wildman–Crippen LogP) is 1.46. The summed E-state index contributed by atoms with van der Waals surface area (Å²) in [4.78, 5) is 22.7. The third-order valence-corrected chi connectivity index (χ3v) is 4.23. The summed E-state index contributed by atoms with van der Waals surface area (Å²) < 4.78 is 5.32. The molecule has 4 N–H and O–H groups in total. The number of aromatic carboxylic acids is 1. The van der Waals surface area contributed by atoms with Crippen LogP contribution in [0.5, 0.6) is 0 Å².